The van der Waals surface area contributed by atoms with Crippen LogP contribution in [0.3, 0.4) is 0 Å². The van der Waals surface area contributed by atoms with E-state index in [1.807, 2.05) is 46.2 Å². The predicted octanol–water partition coefficient (Wildman–Crippen LogP) is 5.55. The summed E-state index contributed by atoms with van der Waals surface area (Å²) in [5.74, 6) is -3.49. The van der Waals surface area contributed by atoms with Crippen LogP contribution < -0.4 is 26.0 Å². The summed E-state index contributed by atoms with van der Waals surface area (Å²) in [6.45, 7) is 2.24. The number of rotatable bonds is 10. The van der Waals surface area contributed by atoms with Crippen molar-refractivity contribution >= 4 is 52.2 Å². The van der Waals surface area contributed by atoms with E-state index in [9.17, 15) is 14.4 Å². The number of nitrogens with two attached hydrogens (primary N) is 1. The maximum absolute atomic E-state index is 15.9. The number of anilines is 3. The molecule has 14 nitrogen and oxygen atoms in total. The summed E-state index contributed by atoms with van der Waals surface area (Å²) in [7, 11) is 1.79. The number of carbonyl (C=O) groups excluding carboxylic acids is 3. The monoisotopic (exact) mass is 838 g/mol. The van der Waals surface area contributed by atoms with Crippen molar-refractivity contribution < 1.29 is 27.9 Å². The zero-order chi connectivity index (χ0) is 41.7. The SMILES string of the molecule is CNc1cc(N2CCc3c(-c4ccc(CN5CCC(N6CCC(Oc7ccc(Cl)c(C8CCC(=O)NC8=O)c7)CC6)C(F)(F)C5)cn4)cccc32)nn2c(C(N)=O)cnc12. The van der Waals surface area contributed by atoms with E-state index in [0.29, 0.717) is 91.9 Å². The van der Waals surface area contributed by atoms with Crippen molar-refractivity contribution in [3.63, 3.8) is 0 Å². The zero-order valence-electron chi connectivity index (χ0n) is 33.0. The van der Waals surface area contributed by atoms with Gasteiger partial charge in [-0.05, 0) is 79.1 Å². The van der Waals surface area contributed by atoms with Gasteiger partial charge in [-0.25, -0.2) is 18.3 Å². The Morgan fingerprint density at radius 3 is 2.57 bits per heavy atom. The number of hydrogen-bond acceptors (Lipinski definition) is 11. The maximum atomic E-state index is 15.9. The normalized spacial score (nSPS) is 21.2. The van der Waals surface area contributed by atoms with Crippen LogP contribution in [0.4, 0.5) is 26.0 Å². The Morgan fingerprint density at radius 1 is 1.00 bits per heavy atom. The van der Waals surface area contributed by atoms with Crippen LogP contribution in [0.2, 0.25) is 5.02 Å². The lowest BCUT2D eigenvalue weighted by Crippen LogP contribution is -2.59. The number of primary amides is 1. The molecular formula is C43H45ClF2N10O4. The predicted molar refractivity (Wildman–Crippen MR) is 222 cm³/mol. The summed E-state index contributed by atoms with van der Waals surface area (Å²) >= 11 is 6.43. The molecule has 2 unspecified atom stereocenters. The van der Waals surface area contributed by atoms with Crippen molar-refractivity contribution in [1.29, 1.82) is 0 Å². The van der Waals surface area contributed by atoms with Crippen LogP contribution in [0.25, 0.3) is 16.9 Å². The van der Waals surface area contributed by atoms with Gasteiger partial charge in [0.05, 0.1) is 36.1 Å². The van der Waals surface area contributed by atoms with Crippen LogP contribution in [0.15, 0.2) is 67.0 Å². The first-order valence-corrected chi connectivity index (χ1v) is 20.7. The molecule has 312 valence electrons. The number of carbonyl (C=O) groups is 3. The lowest BCUT2D eigenvalue weighted by Gasteiger charge is -2.45. The van der Waals surface area contributed by atoms with Gasteiger partial charge in [0.2, 0.25) is 11.8 Å². The van der Waals surface area contributed by atoms with Crippen LogP contribution in [0, 0.1) is 0 Å². The molecule has 2 atom stereocenters. The topological polar surface area (TPSA) is 163 Å². The first-order valence-electron chi connectivity index (χ1n) is 20.3. The molecule has 3 saturated heterocycles. The molecular weight excluding hydrogens is 794 g/mol. The number of pyridine rings is 1. The molecule has 17 heteroatoms. The number of aromatic nitrogens is 4. The number of piperidine rings is 3. The van der Waals surface area contributed by atoms with E-state index in [-0.39, 0.29) is 36.6 Å². The Morgan fingerprint density at radius 2 is 1.83 bits per heavy atom. The second-order valence-electron chi connectivity index (χ2n) is 16.0. The van der Waals surface area contributed by atoms with Crippen molar-refractivity contribution in [3.05, 3.63) is 94.4 Å². The van der Waals surface area contributed by atoms with E-state index in [1.165, 1.54) is 10.7 Å². The van der Waals surface area contributed by atoms with Crippen LogP contribution in [-0.4, -0.2) is 105 Å². The molecule has 0 aliphatic carbocycles. The van der Waals surface area contributed by atoms with Gasteiger partial charge in [0.1, 0.15) is 17.5 Å². The second-order valence-corrected chi connectivity index (χ2v) is 16.4. The lowest BCUT2D eigenvalue weighted by molar-refractivity contribution is -0.135. The molecule has 60 heavy (non-hydrogen) atoms. The number of ether oxygens (including phenoxy) is 1. The van der Waals surface area contributed by atoms with Gasteiger partial charge in [-0.15, -0.1) is 5.10 Å². The third kappa shape index (κ3) is 7.63. The number of nitrogens with one attached hydrogen (secondary N) is 2. The minimum Gasteiger partial charge on any atom is -0.490 e. The van der Waals surface area contributed by atoms with Gasteiger partial charge < -0.3 is 20.7 Å². The Bertz CT molecular complexity index is 2470. The van der Waals surface area contributed by atoms with Crippen molar-refractivity contribution in [2.45, 2.75) is 69.1 Å². The Labute approximate surface area is 350 Å². The third-order valence-electron chi connectivity index (χ3n) is 12.2. The fourth-order valence-electron chi connectivity index (χ4n) is 9.22. The molecule has 4 aliphatic rings. The quantitative estimate of drug-likeness (QED) is 0.151. The zero-order valence-corrected chi connectivity index (χ0v) is 33.8. The summed E-state index contributed by atoms with van der Waals surface area (Å²) < 4.78 is 39.5. The van der Waals surface area contributed by atoms with E-state index >= 15 is 8.78 Å². The van der Waals surface area contributed by atoms with Gasteiger partial charge in [-0.1, -0.05) is 29.8 Å². The molecule has 0 radical (unpaired) electrons. The van der Waals surface area contributed by atoms with Crippen LogP contribution >= 0.6 is 11.6 Å². The average molecular weight is 839 g/mol. The third-order valence-corrected chi connectivity index (χ3v) is 12.6. The van der Waals surface area contributed by atoms with E-state index in [1.54, 1.807) is 31.4 Å². The van der Waals surface area contributed by atoms with Gasteiger partial charge in [0.15, 0.2) is 11.5 Å². The number of nitrogens with zero attached hydrogens (tertiary/aromatic N) is 7. The minimum atomic E-state index is -2.89. The van der Waals surface area contributed by atoms with E-state index in [0.717, 1.165) is 34.5 Å². The molecule has 7 heterocycles. The molecule has 9 rings (SSSR count). The fourth-order valence-corrected chi connectivity index (χ4v) is 9.47. The lowest BCUT2D eigenvalue weighted by atomic mass is 9.90. The van der Waals surface area contributed by atoms with Crippen LogP contribution in [-0.2, 0) is 22.6 Å². The van der Waals surface area contributed by atoms with Gasteiger partial charge in [-0.2, -0.15) is 0 Å². The molecule has 3 fully saturated rings. The van der Waals surface area contributed by atoms with Crippen molar-refractivity contribution in [2.24, 2.45) is 5.73 Å². The number of amides is 3. The first-order chi connectivity index (χ1) is 28.9. The van der Waals surface area contributed by atoms with Crippen LogP contribution in [0.1, 0.15) is 65.2 Å². The van der Waals surface area contributed by atoms with E-state index in [2.05, 4.69) is 20.5 Å². The molecule has 3 aromatic heterocycles. The molecule has 3 amide bonds. The summed E-state index contributed by atoms with van der Waals surface area (Å²) in [5, 5.41) is 10.7. The summed E-state index contributed by atoms with van der Waals surface area (Å²) in [4.78, 5) is 51.2. The van der Waals surface area contributed by atoms with Gasteiger partial charge in [0.25, 0.3) is 11.8 Å². The fraction of sp³-hybridized carbons (Fsp3) is 0.395. The first kappa shape index (κ1) is 39.7. The van der Waals surface area contributed by atoms with Gasteiger partial charge >= 0.3 is 0 Å². The van der Waals surface area contributed by atoms with Crippen LogP contribution in [0.5, 0.6) is 5.75 Å². The largest absolute Gasteiger partial charge is 0.490 e. The molecule has 0 bridgehead atoms. The van der Waals surface area contributed by atoms with E-state index in [4.69, 9.17) is 32.2 Å². The molecule has 0 spiro atoms. The highest BCUT2D eigenvalue weighted by molar-refractivity contribution is 6.31. The molecule has 5 aromatic rings. The molecule has 4 N–H and O–H groups in total. The Kier molecular flexibility index (Phi) is 10.6. The smallest absolute Gasteiger partial charge is 0.275 e. The number of likely N-dealkylation sites (tertiary alicyclic amines) is 2. The summed E-state index contributed by atoms with van der Waals surface area (Å²) in [6, 6.07) is 16.2. The highest BCUT2D eigenvalue weighted by Crippen LogP contribution is 2.41. The number of imidazole rings is 1. The number of imide groups is 1. The average Bonchev–Trinajstić information content (AvgIpc) is 3.87. The second kappa shape index (κ2) is 16.0. The molecule has 2 aromatic carbocycles. The van der Waals surface area contributed by atoms with Crippen molar-refractivity contribution in [1.82, 2.24) is 34.7 Å². The van der Waals surface area contributed by atoms with Gasteiger partial charge in [-0.3, -0.25) is 34.5 Å². The highest BCUT2D eigenvalue weighted by Gasteiger charge is 2.48. The maximum Gasteiger partial charge on any atom is 0.275 e. The van der Waals surface area contributed by atoms with Crippen molar-refractivity contribution in [3.8, 4) is 17.0 Å². The number of alkyl halides is 2. The molecule has 4 aliphatic heterocycles. The summed E-state index contributed by atoms with van der Waals surface area (Å²) in [6.07, 6.45) is 5.97. The Balaban J connectivity index is 0.807. The van der Waals surface area contributed by atoms with Crippen molar-refractivity contribution in [2.75, 3.05) is 50.0 Å². The standard InChI is InChI=1S/C43H45ClF2N10O4/c1-48-34-20-38(52-56-36(40(47)58)22-50-41(34)56)55-18-13-29-28(3-2-4-35(29)55)33-9-5-25(21-49-33)23-53-15-14-37(43(45,46)24-53)54-16-11-26(12-17-54)60-27-6-8-32(44)31(19-27)30-7-10-39(57)51-42(30)59/h2-6,8-9,19-22,26,30,37,48H,7,10-18,23-24H2,1H3,(H2,47,58)(H,51,57,59). The Hall–Kier alpha value is -5.71. The number of benzene rings is 2. The number of fused-ring (bicyclic) bond motifs is 2. The molecule has 0 saturated carbocycles. The minimum absolute atomic E-state index is 0.156. The summed E-state index contributed by atoms with van der Waals surface area (Å²) in [5.41, 5.74) is 12.4. The van der Waals surface area contributed by atoms with Gasteiger partial charge in [0, 0.05) is 74.7 Å². The number of hydrogen-bond donors (Lipinski definition) is 3. The van der Waals surface area contributed by atoms with E-state index < -0.39 is 23.8 Å². The highest BCUT2D eigenvalue weighted by atomic mass is 35.5. The number of halogens is 3.